The van der Waals surface area contributed by atoms with Gasteiger partial charge in [0.2, 0.25) is 0 Å². The summed E-state index contributed by atoms with van der Waals surface area (Å²) in [5.41, 5.74) is 6.55. The van der Waals surface area contributed by atoms with Crippen molar-refractivity contribution in [2.24, 2.45) is 10.4 Å². The van der Waals surface area contributed by atoms with E-state index in [4.69, 9.17) is 28.7 Å². The lowest BCUT2D eigenvalue weighted by atomic mass is 9.89. The molecule has 5 aromatic rings. The predicted molar refractivity (Wildman–Crippen MR) is 359 cm³/mol. The Morgan fingerprint density at radius 2 is 1.25 bits per heavy atom. The van der Waals surface area contributed by atoms with Crippen molar-refractivity contribution in [3.8, 4) is 22.5 Å². The molecule has 95 heavy (non-hydrogen) atoms. The lowest BCUT2D eigenvalue weighted by Gasteiger charge is -2.22. The number of Topliss-reactive ketones (excluding diaryl/α,β-unsaturated/α-hetero) is 1. The normalized spacial score (nSPS) is 12.7. The van der Waals surface area contributed by atoms with Gasteiger partial charge in [0, 0.05) is 74.7 Å². The van der Waals surface area contributed by atoms with Crippen LogP contribution >= 0.6 is 23.5 Å². The molecule has 1 aliphatic heterocycles. The first kappa shape index (κ1) is 74.6. The molecule has 5 aromatic carbocycles. The predicted octanol–water partition coefficient (Wildman–Crippen LogP) is 15.2. The number of nitrogens with one attached hydrogen (secondary N) is 3. The van der Waals surface area contributed by atoms with Gasteiger partial charge in [-0.1, -0.05) is 131 Å². The van der Waals surface area contributed by atoms with Crippen molar-refractivity contribution < 1.29 is 82.1 Å². The fourth-order valence-corrected chi connectivity index (χ4v) is 15.2. The van der Waals surface area contributed by atoms with Crippen molar-refractivity contribution in [3.05, 3.63) is 148 Å². The van der Waals surface area contributed by atoms with Crippen LogP contribution in [0.2, 0.25) is 0 Å². The number of amides is 1. The van der Waals surface area contributed by atoms with Gasteiger partial charge in [0.15, 0.2) is 28.2 Å². The molecule has 0 saturated carbocycles. The number of thioether (sulfide) groups is 2. The molecule has 0 radical (unpaired) electrons. The van der Waals surface area contributed by atoms with Gasteiger partial charge in [0.25, 0.3) is 20.0 Å². The molecule has 510 valence electrons. The Bertz CT molecular complexity index is 4200. The van der Waals surface area contributed by atoms with Gasteiger partial charge in [-0.2, -0.15) is 11.8 Å². The standard InChI is InChI=1S/C69H78F4N4O14S4/c1-38(2)45-17-14-18-46(39(3)4)64(45)75-42-22-24-49-52(34-42)91-53-35-43(76-65-47(40(5)6)19-15-20-48(65)41(7)8)23-25-50(53)59(49)51-16-12-13-21-54(51)94(84,85)77-95(86,87)67-62(72)60(70)66(61(71)63(67)73)93-37-44(90-58(82)27-26-56(79)80)36-89-68(83)74-30-31-88-57(81)29-33-92-32-28-55(78)69(9,10)11/h12-25,34-35,38-41,44,75,77H,26-33,36-37H2,1-11H3,(H,74,83)(H,79,80)/b76-43+. The van der Waals surface area contributed by atoms with Crippen molar-refractivity contribution >= 4 is 101 Å². The average Bonchev–Trinajstić information content (AvgIpc) is 0.744. The Hall–Kier alpha value is -7.78. The number of ether oxygens (including phenoxy) is 3. The number of ketones is 1. The fraction of sp³-hybridized carbons (Fsp3) is 0.391. The van der Waals surface area contributed by atoms with Gasteiger partial charge in [-0.15, -0.1) is 15.9 Å². The van der Waals surface area contributed by atoms with E-state index in [1.807, 2.05) is 57.2 Å². The molecule has 26 heteroatoms. The van der Waals surface area contributed by atoms with Crippen LogP contribution in [0.25, 0.3) is 33.4 Å². The number of carbonyl (C=O) groups is 5. The Balaban J connectivity index is 1.18. The van der Waals surface area contributed by atoms with Gasteiger partial charge >= 0.3 is 24.0 Å². The summed E-state index contributed by atoms with van der Waals surface area (Å²) in [4.78, 5) is 61.3. The summed E-state index contributed by atoms with van der Waals surface area (Å²) in [6.45, 7) is 20.5. The highest BCUT2D eigenvalue weighted by atomic mass is 32.3. The number of esters is 2. The third-order valence-corrected chi connectivity index (χ3v) is 20.9. The van der Waals surface area contributed by atoms with Crippen molar-refractivity contribution in [1.29, 1.82) is 0 Å². The lowest BCUT2D eigenvalue weighted by Crippen LogP contribution is -2.33. The third kappa shape index (κ3) is 19.0. The summed E-state index contributed by atoms with van der Waals surface area (Å²) in [7, 11) is -11.7. The molecule has 1 heterocycles. The van der Waals surface area contributed by atoms with Gasteiger partial charge in [0.05, 0.1) is 46.6 Å². The maximum Gasteiger partial charge on any atom is 0.407 e. The lowest BCUT2D eigenvalue weighted by molar-refractivity contribution is -0.152. The van der Waals surface area contributed by atoms with Crippen molar-refractivity contribution in [2.75, 3.05) is 42.3 Å². The van der Waals surface area contributed by atoms with Crippen molar-refractivity contribution in [2.45, 2.75) is 146 Å². The van der Waals surface area contributed by atoms with Crippen LogP contribution in [0, 0.1) is 28.7 Å². The molecule has 2 aliphatic rings. The number of hydrogen-bond acceptors (Lipinski definition) is 17. The maximum atomic E-state index is 16.3. The third-order valence-electron chi connectivity index (χ3n) is 15.1. The number of anilines is 2. The molecule has 0 bridgehead atoms. The molecule has 0 spiro atoms. The molecule has 1 amide bonds. The summed E-state index contributed by atoms with van der Waals surface area (Å²) >= 11 is 1.33. The van der Waals surface area contributed by atoms with Crippen molar-refractivity contribution in [1.82, 2.24) is 9.44 Å². The number of aliphatic carboxylic acids is 1. The van der Waals surface area contributed by atoms with E-state index in [9.17, 15) is 40.8 Å². The van der Waals surface area contributed by atoms with E-state index in [0.29, 0.717) is 39.9 Å². The van der Waals surface area contributed by atoms with Crippen LogP contribution in [0.5, 0.6) is 0 Å². The van der Waals surface area contributed by atoms with E-state index in [0.717, 1.165) is 39.7 Å². The Morgan fingerprint density at radius 3 is 1.85 bits per heavy atom. The molecule has 1 aliphatic carbocycles. The van der Waals surface area contributed by atoms with Crippen LogP contribution in [-0.2, 0) is 53.4 Å². The second-order valence-corrected chi connectivity index (χ2v) is 30.5. The molecular formula is C69H78F4N4O14S4. The Labute approximate surface area is 559 Å². The molecule has 1 unspecified atom stereocenters. The van der Waals surface area contributed by atoms with E-state index in [2.05, 4.69) is 66.0 Å². The van der Waals surface area contributed by atoms with Gasteiger partial charge in [0.1, 0.15) is 36.4 Å². The summed E-state index contributed by atoms with van der Waals surface area (Å²) in [5, 5.41) is 15.8. The number of hydrogen-bond donors (Lipinski definition) is 4. The van der Waals surface area contributed by atoms with Gasteiger partial charge in [-0.25, -0.2) is 44.2 Å². The Kier molecular flexibility index (Phi) is 25.4. The number of alkyl carbamates (subject to hydrolysis) is 1. The number of para-hydroxylation sites is 2. The quantitative estimate of drug-likeness (QED) is 0.00620. The van der Waals surface area contributed by atoms with E-state index in [1.54, 1.807) is 36.4 Å². The zero-order valence-electron chi connectivity index (χ0n) is 54.5. The maximum absolute atomic E-state index is 16.3. The summed E-state index contributed by atoms with van der Waals surface area (Å²) in [6, 6.07) is 27.5. The zero-order chi connectivity index (χ0) is 69.9. The Morgan fingerprint density at radius 1 is 0.653 bits per heavy atom. The van der Waals surface area contributed by atoms with Gasteiger partial charge < -0.3 is 34.4 Å². The monoisotopic (exact) mass is 1390 g/mol. The number of rotatable bonds is 30. The van der Waals surface area contributed by atoms with Crippen LogP contribution < -0.4 is 20.1 Å². The molecule has 18 nitrogen and oxygen atoms in total. The minimum Gasteiger partial charge on any atom is -0.481 e. The highest BCUT2D eigenvalue weighted by Gasteiger charge is 2.38. The van der Waals surface area contributed by atoms with Gasteiger partial charge in [-0.3, -0.25) is 19.2 Å². The molecule has 0 fully saturated rings. The van der Waals surface area contributed by atoms with Crippen LogP contribution in [0.4, 0.5) is 39.4 Å². The molecule has 4 N–H and O–H groups in total. The first-order valence-electron chi connectivity index (χ1n) is 30.7. The highest BCUT2D eigenvalue weighted by molar-refractivity contribution is 8.04. The summed E-state index contributed by atoms with van der Waals surface area (Å²) in [5.74, 6) is -12.1. The van der Waals surface area contributed by atoms with E-state index < -0.39 is 119 Å². The van der Waals surface area contributed by atoms with E-state index in [1.165, 1.54) is 34.1 Å². The highest BCUT2D eigenvalue weighted by Crippen LogP contribution is 2.45. The zero-order valence-corrected chi connectivity index (χ0v) is 57.8. The van der Waals surface area contributed by atoms with Crippen LogP contribution in [0.3, 0.4) is 0 Å². The second-order valence-electron chi connectivity index (χ2n) is 24.7. The average molecular weight is 1390 g/mol. The first-order chi connectivity index (χ1) is 44.7. The number of carboxylic acid groups (broad SMARTS) is 1. The minimum absolute atomic E-state index is 0.0130. The number of nitrogens with zero attached hydrogens (tertiary/aromatic N) is 1. The van der Waals surface area contributed by atoms with Gasteiger partial charge in [-0.05, 0) is 76.3 Å². The van der Waals surface area contributed by atoms with Crippen LogP contribution in [0.1, 0.15) is 148 Å². The summed E-state index contributed by atoms with van der Waals surface area (Å²) in [6.07, 6.45) is -3.98. The smallest absolute Gasteiger partial charge is 0.407 e. The van der Waals surface area contributed by atoms with Crippen LogP contribution in [-0.4, -0.2) is 94.8 Å². The number of carbonyl (C=O) groups excluding carboxylic acids is 4. The number of halogens is 4. The largest absolute Gasteiger partial charge is 0.481 e. The molecule has 7 rings (SSSR count). The molecule has 0 saturated heterocycles. The van der Waals surface area contributed by atoms with E-state index >= 15 is 17.6 Å². The number of benzene rings is 6. The number of fused-ring (bicyclic) bond motifs is 2. The van der Waals surface area contributed by atoms with E-state index in [-0.39, 0.29) is 83.3 Å². The van der Waals surface area contributed by atoms with Crippen molar-refractivity contribution in [3.63, 3.8) is 0 Å². The first-order valence-corrected chi connectivity index (χ1v) is 35.8. The second kappa shape index (κ2) is 32.3. The minimum atomic E-state index is -6.13. The topological polar surface area (TPSA) is 263 Å². The fourth-order valence-electron chi connectivity index (χ4n) is 10.2. The number of sulfonamides is 2. The SMILES string of the molecule is CC(C)c1cccc(C(C)C)c1/N=c1\ccc2c(-c3ccccc3S(=O)(=O)NS(=O)(=O)c3c(F)c(F)c(SCC(COC(=O)NCCOC(=O)CCSCCC(=O)C(C)(C)C)OC(=O)CCC(=O)O)c(F)c3F)c3ccc(Nc4c(C(C)C)cccc4C(C)C)cc3oc-2c1. The molecule has 1 atom stereocenters. The summed E-state index contributed by atoms with van der Waals surface area (Å²) < 4.78 is 146. The van der Waals surface area contributed by atoms with Crippen LogP contribution in [0.15, 0.2) is 121 Å². The molecule has 0 aromatic heterocycles. The molecular weight excluding hydrogens is 1310 g/mol. The number of carboxylic acids is 1.